The van der Waals surface area contributed by atoms with Crippen LogP contribution >= 0.6 is 0 Å². The lowest BCUT2D eigenvalue weighted by atomic mass is 9.90. The molecular formula is C15H22FNO3. The molecule has 1 aliphatic heterocycles. The van der Waals surface area contributed by atoms with Crippen LogP contribution in [0, 0.1) is 11.7 Å². The molecule has 5 heteroatoms. The molecule has 20 heavy (non-hydrogen) atoms. The minimum atomic E-state index is -0.344. The van der Waals surface area contributed by atoms with Gasteiger partial charge in [0.25, 0.3) is 0 Å². The fourth-order valence-electron chi connectivity index (χ4n) is 2.73. The van der Waals surface area contributed by atoms with E-state index < -0.39 is 0 Å². The maximum atomic E-state index is 14.5. The number of halogens is 1. The first kappa shape index (κ1) is 14.9. The average Bonchev–Trinajstić information content (AvgIpc) is 2.50. The molecule has 0 spiro atoms. The first-order chi connectivity index (χ1) is 9.71. The molecule has 0 saturated carbocycles. The van der Waals surface area contributed by atoms with Crippen LogP contribution in [-0.4, -0.2) is 34.4 Å². The van der Waals surface area contributed by atoms with Crippen LogP contribution in [0.2, 0.25) is 0 Å². The minimum absolute atomic E-state index is 0.201. The second kappa shape index (κ2) is 6.79. The number of piperidine rings is 1. The quantitative estimate of drug-likeness (QED) is 0.900. The normalized spacial score (nSPS) is 16.0. The predicted molar refractivity (Wildman–Crippen MR) is 75.4 cm³/mol. The topological polar surface area (TPSA) is 39.7 Å². The Morgan fingerprint density at radius 2 is 1.75 bits per heavy atom. The van der Waals surface area contributed by atoms with Gasteiger partial charge in [-0.3, -0.25) is 0 Å². The molecular weight excluding hydrogens is 261 g/mol. The van der Waals surface area contributed by atoms with Gasteiger partial charge in [0.15, 0.2) is 23.1 Å². The predicted octanol–water partition coefficient (Wildman–Crippen LogP) is 2.39. The van der Waals surface area contributed by atoms with Gasteiger partial charge in [-0.15, -0.1) is 0 Å². The molecule has 0 aliphatic carbocycles. The molecule has 112 valence electrons. The van der Waals surface area contributed by atoms with Crippen molar-refractivity contribution in [2.45, 2.75) is 19.3 Å². The van der Waals surface area contributed by atoms with Crippen LogP contribution in [0.5, 0.6) is 17.2 Å². The van der Waals surface area contributed by atoms with Crippen LogP contribution in [0.4, 0.5) is 4.39 Å². The summed E-state index contributed by atoms with van der Waals surface area (Å²) in [5.41, 5.74) is 0.551. The van der Waals surface area contributed by atoms with Gasteiger partial charge >= 0.3 is 0 Å². The molecule has 1 saturated heterocycles. The van der Waals surface area contributed by atoms with Crippen molar-refractivity contribution in [3.8, 4) is 17.2 Å². The first-order valence-electron chi connectivity index (χ1n) is 6.89. The molecule has 0 unspecified atom stereocenters. The van der Waals surface area contributed by atoms with Crippen LogP contribution < -0.4 is 19.5 Å². The van der Waals surface area contributed by atoms with E-state index in [9.17, 15) is 4.39 Å². The highest BCUT2D eigenvalue weighted by Gasteiger charge is 2.24. The van der Waals surface area contributed by atoms with E-state index in [1.807, 2.05) is 0 Å². The van der Waals surface area contributed by atoms with Crippen molar-refractivity contribution in [3.63, 3.8) is 0 Å². The summed E-state index contributed by atoms with van der Waals surface area (Å²) in [6.45, 7) is 1.96. The van der Waals surface area contributed by atoms with Gasteiger partial charge in [-0.1, -0.05) is 0 Å². The largest absolute Gasteiger partial charge is 0.494 e. The third-order valence-corrected chi connectivity index (χ3v) is 3.84. The van der Waals surface area contributed by atoms with Crippen molar-refractivity contribution in [1.82, 2.24) is 5.32 Å². The highest BCUT2D eigenvalue weighted by Crippen LogP contribution is 2.40. The van der Waals surface area contributed by atoms with Gasteiger partial charge in [0.2, 0.25) is 0 Å². The van der Waals surface area contributed by atoms with Crippen LogP contribution in [0.15, 0.2) is 6.07 Å². The molecule has 0 aromatic heterocycles. The zero-order valence-corrected chi connectivity index (χ0v) is 12.3. The zero-order valence-electron chi connectivity index (χ0n) is 12.3. The summed E-state index contributed by atoms with van der Waals surface area (Å²) < 4.78 is 30.2. The summed E-state index contributed by atoms with van der Waals surface area (Å²) in [7, 11) is 4.54. The van der Waals surface area contributed by atoms with Gasteiger partial charge in [0.05, 0.1) is 21.3 Å². The minimum Gasteiger partial charge on any atom is -0.494 e. The van der Waals surface area contributed by atoms with E-state index in [1.165, 1.54) is 20.3 Å². The van der Waals surface area contributed by atoms with Crippen molar-refractivity contribution >= 4 is 0 Å². The lowest BCUT2D eigenvalue weighted by molar-refractivity contribution is 0.321. The maximum Gasteiger partial charge on any atom is 0.172 e. The molecule has 0 radical (unpaired) electrons. The average molecular weight is 283 g/mol. The van der Waals surface area contributed by atoms with Gasteiger partial charge in [-0.25, -0.2) is 4.39 Å². The number of methoxy groups -OCH3 is 3. The van der Waals surface area contributed by atoms with E-state index in [4.69, 9.17) is 14.2 Å². The summed E-state index contributed by atoms with van der Waals surface area (Å²) in [6.07, 6.45) is 2.73. The van der Waals surface area contributed by atoms with E-state index in [-0.39, 0.29) is 11.6 Å². The van der Waals surface area contributed by atoms with Gasteiger partial charge in [0, 0.05) is 11.6 Å². The zero-order chi connectivity index (χ0) is 14.5. The van der Waals surface area contributed by atoms with Crippen molar-refractivity contribution in [3.05, 3.63) is 17.4 Å². The molecule has 1 N–H and O–H groups in total. The van der Waals surface area contributed by atoms with Gasteiger partial charge in [-0.2, -0.15) is 0 Å². The number of nitrogens with one attached hydrogen (secondary N) is 1. The lowest BCUT2D eigenvalue weighted by Crippen LogP contribution is -2.29. The van der Waals surface area contributed by atoms with Crippen LogP contribution in [0.3, 0.4) is 0 Å². The molecule has 0 atom stereocenters. The van der Waals surface area contributed by atoms with Crippen molar-refractivity contribution < 1.29 is 18.6 Å². The second-order valence-corrected chi connectivity index (χ2v) is 5.00. The third-order valence-electron chi connectivity index (χ3n) is 3.84. The van der Waals surface area contributed by atoms with Gasteiger partial charge < -0.3 is 19.5 Å². The highest BCUT2D eigenvalue weighted by atomic mass is 19.1. The smallest absolute Gasteiger partial charge is 0.172 e. The van der Waals surface area contributed by atoms with E-state index in [1.54, 1.807) is 7.11 Å². The molecule has 1 aromatic rings. The molecule has 4 nitrogen and oxygen atoms in total. The Bertz CT molecular complexity index is 459. The van der Waals surface area contributed by atoms with Gasteiger partial charge in [0.1, 0.15) is 0 Å². The second-order valence-electron chi connectivity index (χ2n) is 5.00. The molecule has 0 bridgehead atoms. The Morgan fingerprint density at radius 3 is 2.30 bits per heavy atom. The number of benzene rings is 1. The summed E-state index contributed by atoms with van der Waals surface area (Å²) in [6, 6.07) is 1.53. The van der Waals surface area contributed by atoms with Crippen LogP contribution in [0.25, 0.3) is 0 Å². The third kappa shape index (κ3) is 2.98. The summed E-state index contributed by atoms with van der Waals surface area (Å²) in [5, 5.41) is 3.31. The monoisotopic (exact) mass is 283 g/mol. The molecule has 1 heterocycles. The molecule has 1 aromatic carbocycles. The van der Waals surface area contributed by atoms with Crippen molar-refractivity contribution in [1.29, 1.82) is 0 Å². The number of ether oxygens (including phenoxy) is 3. The SMILES string of the molecule is COc1cc(OC)c(OC)c(CC2CCNCC2)c1F. The highest BCUT2D eigenvalue weighted by molar-refractivity contribution is 5.53. The first-order valence-corrected chi connectivity index (χ1v) is 6.89. The van der Waals surface area contributed by atoms with E-state index in [2.05, 4.69) is 5.32 Å². The maximum absolute atomic E-state index is 14.5. The van der Waals surface area contributed by atoms with Gasteiger partial charge in [-0.05, 0) is 38.3 Å². The molecule has 0 amide bonds. The fourth-order valence-corrected chi connectivity index (χ4v) is 2.73. The lowest BCUT2D eigenvalue weighted by Gasteiger charge is -2.24. The summed E-state index contributed by atoms with van der Waals surface area (Å²) >= 11 is 0. The summed E-state index contributed by atoms with van der Waals surface area (Å²) in [4.78, 5) is 0. The standard InChI is InChI=1S/C15H22FNO3/c1-18-12-9-13(19-2)15(20-3)11(14(12)16)8-10-4-6-17-7-5-10/h9-10,17H,4-8H2,1-3H3. The van der Waals surface area contributed by atoms with E-state index >= 15 is 0 Å². The number of hydrogen-bond donors (Lipinski definition) is 1. The molecule has 2 rings (SSSR count). The number of hydrogen-bond acceptors (Lipinski definition) is 4. The van der Waals surface area contributed by atoms with E-state index in [0.29, 0.717) is 29.4 Å². The number of rotatable bonds is 5. The van der Waals surface area contributed by atoms with Crippen molar-refractivity contribution in [2.75, 3.05) is 34.4 Å². The Morgan fingerprint density at radius 1 is 1.10 bits per heavy atom. The Kier molecular flexibility index (Phi) is 5.06. The van der Waals surface area contributed by atoms with Crippen LogP contribution in [-0.2, 0) is 6.42 Å². The van der Waals surface area contributed by atoms with E-state index in [0.717, 1.165) is 25.9 Å². The Balaban J connectivity index is 2.36. The Hall–Kier alpha value is -1.49. The molecule has 1 aliphatic rings. The Labute approximate surface area is 119 Å². The van der Waals surface area contributed by atoms with Crippen molar-refractivity contribution in [2.24, 2.45) is 5.92 Å². The fraction of sp³-hybridized carbons (Fsp3) is 0.600. The van der Waals surface area contributed by atoms with Crippen LogP contribution in [0.1, 0.15) is 18.4 Å². The summed E-state index contributed by atoms with van der Waals surface area (Å²) in [5.74, 6) is 1.30. The molecule has 1 fully saturated rings.